The second kappa shape index (κ2) is 9.48. The summed E-state index contributed by atoms with van der Waals surface area (Å²) in [5.41, 5.74) is 5.88. The summed E-state index contributed by atoms with van der Waals surface area (Å²) in [6, 6.07) is 10.1. The number of carbonyl (C=O) groups is 1. The minimum Gasteiger partial charge on any atom is -0.481 e. The Morgan fingerprint density at radius 3 is 2.48 bits per heavy atom. The predicted molar refractivity (Wildman–Crippen MR) is 118 cm³/mol. The Morgan fingerprint density at radius 2 is 1.90 bits per heavy atom. The molecule has 1 saturated carbocycles. The van der Waals surface area contributed by atoms with Crippen LogP contribution in [0.15, 0.2) is 49.6 Å². The fourth-order valence-electron chi connectivity index (χ4n) is 3.53. The van der Waals surface area contributed by atoms with Gasteiger partial charge in [0.05, 0.1) is 17.5 Å². The smallest absolute Gasteiger partial charge is 0.303 e. The monoisotopic (exact) mass is 389 g/mol. The maximum absolute atomic E-state index is 10.7. The van der Waals surface area contributed by atoms with Crippen molar-refractivity contribution in [2.75, 3.05) is 0 Å². The first-order valence-corrected chi connectivity index (χ1v) is 10.0. The van der Waals surface area contributed by atoms with Crippen LogP contribution in [-0.2, 0) is 4.79 Å². The summed E-state index contributed by atoms with van der Waals surface area (Å²) in [5.74, 6) is -0.428. The van der Waals surface area contributed by atoms with Crippen molar-refractivity contribution < 1.29 is 15.0 Å². The lowest BCUT2D eigenvalue weighted by Crippen LogP contribution is -2.05. The van der Waals surface area contributed by atoms with Crippen LogP contribution in [0.5, 0.6) is 0 Å². The Balaban J connectivity index is 2.06. The molecule has 4 heteroatoms. The van der Waals surface area contributed by atoms with Crippen LogP contribution in [0.2, 0.25) is 0 Å². The quantitative estimate of drug-likeness (QED) is 0.560. The summed E-state index contributed by atoms with van der Waals surface area (Å²) in [6.45, 7) is 7.92. The highest BCUT2D eigenvalue weighted by atomic mass is 16.4. The van der Waals surface area contributed by atoms with Gasteiger partial charge in [0.1, 0.15) is 0 Å². The van der Waals surface area contributed by atoms with Crippen molar-refractivity contribution in [3.63, 3.8) is 0 Å². The van der Waals surface area contributed by atoms with E-state index in [1.807, 2.05) is 30.4 Å². The standard InChI is InChI=1S/C25H27NO3/c1-3-20-22(4-2)26-25(18-13-14-18)21(24(20)17-9-6-5-7-10-17)16-15-19(27)11-8-12-23(28)29/h3-7,9-10,15-16,18-19,27H,1-2,8,11-14H2,(H,28,29). The zero-order valence-electron chi connectivity index (χ0n) is 16.6. The third kappa shape index (κ3) is 5.09. The van der Waals surface area contributed by atoms with Crippen LogP contribution in [0.3, 0.4) is 0 Å². The number of pyridine rings is 1. The first kappa shape index (κ1) is 20.7. The number of aliphatic hydroxyl groups is 1. The highest BCUT2D eigenvalue weighted by molar-refractivity contribution is 5.87. The molecule has 1 aromatic heterocycles. The third-order valence-electron chi connectivity index (χ3n) is 5.13. The Bertz CT molecular complexity index is 927. The molecule has 0 aliphatic heterocycles. The topological polar surface area (TPSA) is 70.4 Å². The van der Waals surface area contributed by atoms with E-state index in [9.17, 15) is 9.90 Å². The molecule has 1 fully saturated rings. The Kier molecular flexibility index (Phi) is 6.78. The summed E-state index contributed by atoms with van der Waals surface area (Å²) in [5, 5.41) is 19.1. The van der Waals surface area contributed by atoms with Gasteiger partial charge in [0.15, 0.2) is 0 Å². The van der Waals surface area contributed by atoms with Gasteiger partial charge in [-0.3, -0.25) is 9.78 Å². The molecule has 1 aliphatic carbocycles. The minimum atomic E-state index is -0.844. The van der Waals surface area contributed by atoms with E-state index < -0.39 is 12.1 Å². The number of aromatic nitrogens is 1. The molecule has 1 aliphatic rings. The molecule has 29 heavy (non-hydrogen) atoms. The van der Waals surface area contributed by atoms with Crippen molar-refractivity contribution >= 4 is 24.2 Å². The number of aliphatic hydroxyl groups excluding tert-OH is 1. The molecule has 2 N–H and O–H groups in total. The highest BCUT2D eigenvalue weighted by Gasteiger charge is 2.30. The number of benzene rings is 1. The molecule has 0 bridgehead atoms. The van der Waals surface area contributed by atoms with Crippen molar-refractivity contribution in [2.45, 2.75) is 44.1 Å². The van der Waals surface area contributed by atoms with Crippen LogP contribution in [0.25, 0.3) is 29.4 Å². The molecular formula is C25H27NO3. The molecule has 0 saturated heterocycles. The highest BCUT2D eigenvalue weighted by Crippen LogP contribution is 2.45. The van der Waals surface area contributed by atoms with Gasteiger partial charge in [-0.1, -0.05) is 61.7 Å². The largest absolute Gasteiger partial charge is 0.481 e. The van der Waals surface area contributed by atoms with Crippen LogP contribution < -0.4 is 0 Å². The summed E-state index contributed by atoms with van der Waals surface area (Å²) in [6.07, 6.45) is 9.68. The lowest BCUT2D eigenvalue weighted by Gasteiger charge is -2.18. The third-order valence-corrected chi connectivity index (χ3v) is 5.13. The Morgan fingerprint density at radius 1 is 1.17 bits per heavy atom. The molecule has 1 unspecified atom stereocenters. The molecule has 0 amide bonds. The van der Waals surface area contributed by atoms with Crippen LogP contribution in [-0.4, -0.2) is 27.3 Å². The molecule has 4 nitrogen and oxygen atoms in total. The average Bonchev–Trinajstić information content (AvgIpc) is 3.56. The first-order chi connectivity index (χ1) is 14.0. The zero-order valence-corrected chi connectivity index (χ0v) is 16.6. The predicted octanol–water partition coefficient (Wildman–Crippen LogP) is 5.54. The van der Waals surface area contributed by atoms with Gasteiger partial charge in [0.25, 0.3) is 0 Å². The fourth-order valence-corrected chi connectivity index (χ4v) is 3.53. The van der Waals surface area contributed by atoms with Crippen LogP contribution in [0.4, 0.5) is 0 Å². The molecule has 150 valence electrons. The zero-order chi connectivity index (χ0) is 20.8. The number of carboxylic acids is 1. The van der Waals surface area contributed by atoms with Crippen molar-refractivity contribution in [1.29, 1.82) is 0 Å². The number of hydrogen-bond acceptors (Lipinski definition) is 3. The number of carboxylic acid groups (broad SMARTS) is 1. The van der Waals surface area contributed by atoms with E-state index in [2.05, 4.69) is 25.3 Å². The number of nitrogens with zero attached hydrogens (tertiary/aromatic N) is 1. The van der Waals surface area contributed by atoms with Crippen molar-refractivity contribution in [1.82, 2.24) is 4.98 Å². The van der Waals surface area contributed by atoms with Gasteiger partial charge in [0, 0.05) is 29.0 Å². The van der Waals surface area contributed by atoms with E-state index in [0.29, 0.717) is 18.8 Å². The van der Waals surface area contributed by atoms with E-state index >= 15 is 0 Å². The summed E-state index contributed by atoms with van der Waals surface area (Å²) in [4.78, 5) is 15.6. The summed E-state index contributed by atoms with van der Waals surface area (Å²) in [7, 11) is 0. The van der Waals surface area contributed by atoms with Crippen LogP contribution in [0.1, 0.15) is 60.5 Å². The van der Waals surface area contributed by atoms with E-state index in [-0.39, 0.29) is 6.42 Å². The van der Waals surface area contributed by atoms with E-state index in [1.165, 1.54) is 0 Å². The molecule has 0 spiro atoms. The molecule has 3 rings (SSSR count). The molecule has 1 heterocycles. The molecular weight excluding hydrogens is 362 g/mol. The first-order valence-electron chi connectivity index (χ1n) is 10.0. The van der Waals surface area contributed by atoms with E-state index in [1.54, 1.807) is 12.2 Å². The van der Waals surface area contributed by atoms with E-state index in [0.717, 1.165) is 46.5 Å². The van der Waals surface area contributed by atoms with Gasteiger partial charge in [-0.25, -0.2) is 0 Å². The van der Waals surface area contributed by atoms with Gasteiger partial charge in [0.2, 0.25) is 0 Å². The lowest BCUT2D eigenvalue weighted by molar-refractivity contribution is -0.137. The second-order valence-corrected chi connectivity index (χ2v) is 7.35. The minimum absolute atomic E-state index is 0.0592. The van der Waals surface area contributed by atoms with Crippen molar-refractivity contribution in [3.05, 3.63) is 72.1 Å². The number of rotatable bonds is 10. The van der Waals surface area contributed by atoms with Crippen molar-refractivity contribution in [2.24, 2.45) is 0 Å². The maximum Gasteiger partial charge on any atom is 0.303 e. The van der Waals surface area contributed by atoms with Crippen LogP contribution >= 0.6 is 0 Å². The molecule has 1 atom stereocenters. The Labute approximate surface area is 171 Å². The summed E-state index contributed by atoms with van der Waals surface area (Å²) >= 11 is 0. The lowest BCUT2D eigenvalue weighted by atomic mass is 9.90. The van der Waals surface area contributed by atoms with Crippen molar-refractivity contribution in [3.8, 4) is 11.1 Å². The number of hydrogen-bond donors (Lipinski definition) is 2. The van der Waals surface area contributed by atoms with Gasteiger partial charge < -0.3 is 10.2 Å². The molecule has 2 aromatic rings. The average molecular weight is 389 g/mol. The number of aliphatic carboxylic acids is 1. The molecule has 0 radical (unpaired) electrons. The van der Waals surface area contributed by atoms with Crippen LogP contribution in [0, 0.1) is 0 Å². The maximum atomic E-state index is 10.7. The second-order valence-electron chi connectivity index (χ2n) is 7.35. The van der Waals surface area contributed by atoms with Gasteiger partial charge in [-0.15, -0.1) is 0 Å². The molecule has 1 aromatic carbocycles. The van der Waals surface area contributed by atoms with E-state index in [4.69, 9.17) is 10.1 Å². The Hall–Kier alpha value is -2.98. The SMILES string of the molecule is C=Cc1nc(C2CC2)c(C=CC(O)CCCC(=O)O)c(-c2ccccc2)c1C=C. The summed E-state index contributed by atoms with van der Waals surface area (Å²) < 4.78 is 0. The van der Waals surface area contributed by atoms with Gasteiger partial charge >= 0.3 is 5.97 Å². The van der Waals surface area contributed by atoms with Gasteiger partial charge in [-0.05, 0) is 37.3 Å². The van der Waals surface area contributed by atoms with Gasteiger partial charge in [-0.2, -0.15) is 0 Å². The fraction of sp³-hybridized carbons (Fsp3) is 0.280. The normalized spacial score (nSPS) is 14.7.